The molecule has 164 valence electrons. The van der Waals surface area contributed by atoms with Gasteiger partial charge in [-0.25, -0.2) is 0 Å². The molecule has 0 radical (unpaired) electrons. The number of hydrogen-bond acceptors (Lipinski definition) is 6. The van der Waals surface area contributed by atoms with Crippen LogP contribution in [0.25, 0.3) is 0 Å². The van der Waals surface area contributed by atoms with E-state index in [9.17, 15) is 19.2 Å². The van der Waals surface area contributed by atoms with Crippen molar-refractivity contribution in [1.29, 1.82) is 0 Å². The fraction of sp³-hybridized carbons (Fsp3) is 0.333. The molecule has 0 bridgehead atoms. The lowest BCUT2D eigenvalue weighted by Gasteiger charge is -2.35. The summed E-state index contributed by atoms with van der Waals surface area (Å²) in [6.45, 7) is 0.559. The number of piperidine rings is 1. The van der Waals surface area contributed by atoms with Crippen LogP contribution in [-0.2, 0) is 20.9 Å². The maximum atomic E-state index is 12.9. The van der Waals surface area contributed by atoms with Crippen LogP contribution in [0.3, 0.4) is 0 Å². The topological polar surface area (TPSA) is 102 Å². The Morgan fingerprint density at radius 2 is 1.66 bits per heavy atom. The second-order valence-electron chi connectivity index (χ2n) is 8.28. The molecule has 2 heterocycles. The molecule has 1 atom stereocenters. The van der Waals surface area contributed by atoms with Gasteiger partial charge in [-0.05, 0) is 30.2 Å². The third-order valence-electron chi connectivity index (χ3n) is 6.09. The summed E-state index contributed by atoms with van der Waals surface area (Å²) in [7, 11) is 0. The molecule has 2 aromatic rings. The molecule has 4 amide bonds. The third kappa shape index (κ3) is 3.78. The molecule has 8 nitrogen and oxygen atoms in total. The number of nitrogens with zero attached hydrogens (tertiary/aromatic N) is 1. The van der Waals surface area contributed by atoms with Gasteiger partial charge in [0.2, 0.25) is 11.8 Å². The number of nitrogens with one attached hydrogen (secondary N) is 1. The van der Waals surface area contributed by atoms with E-state index < -0.39 is 29.7 Å². The molecule has 1 saturated carbocycles. The Balaban J connectivity index is 1.19. The van der Waals surface area contributed by atoms with Crippen molar-refractivity contribution in [2.45, 2.75) is 50.5 Å². The molecule has 1 unspecified atom stereocenters. The molecule has 3 aliphatic rings. The lowest BCUT2D eigenvalue weighted by molar-refractivity contribution is -0.136. The minimum Gasteiger partial charge on any atom is -0.490 e. The fourth-order valence-corrected chi connectivity index (χ4v) is 4.25. The number of fused-ring (bicyclic) bond motifs is 1. The highest BCUT2D eigenvalue weighted by atomic mass is 16.5. The van der Waals surface area contributed by atoms with E-state index in [1.165, 1.54) is 0 Å². The molecule has 2 fully saturated rings. The molecule has 2 aliphatic heterocycles. The minimum atomic E-state index is -0.973. The van der Waals surface area contributed by atoms with Crippen molar-refractivity contribution >= 4 is 23.6 Å². The second-order valence-corrected chi connectivity index (χ2v) is 8.28. The number of ether oxygens (including phenoxy) is 2. The lowest BCUT2D eigenvalue weighted by atomic mass is 9.92. The van der Waals surface area contributed by atoms with Crippen molar-refractivity contribution in [1.82, 2.24) is 10.2 Å². The predicted octanol–water partition coefficient (Wildman–Crippen LogP) is 2.21. The zero-order chi connectivity index (χ0) is 22.2. The molecule has 1 saturated heterocycles. The summed E-state index contributed by atoms with van der Waals surface area (Å²) in [4.78, 5) is 50.1. The van der Waals surface area contributed by atoms with Gasteiger partial charge in [0.05, 0.1) is 23.8 Å². The first-order chi connectivity index (χ1) is 15.5. The highest BCUT2D eigenvalue weighted by molar-refractivity contribution is 6.23. The molecular formula is C24H22N2O6. The van der Waals surface area contributed by atoms with Crippen molar-refractivity contribution < 1.29 is 28.7 Å². The van der Waals surface area contributed by atoms with Crippen LogP contribution >= 0.6 is 0 Å². The Hall–Kier alpha value is -3.52. The summed E-state index contributed by atoms with van der Waals surface area (Å²) < 4.78 is 11.9. The van der Waals surface area contributed by atoms with Crippen molar-refractivity contribution in [3.05, 3.63) is 65.2 Å². The molecular weight excluding hydrogens is 412 g/mol. The monoisotopic (exact) mass is 434 g/mol. The van der Waals surface area contributed by atoms with E-state index in [1.54, 1.807) is 18.2 Å². The first-order valence-corrected chi connectivity index (χ1v) is 10.7. The first kappa shape index (κ1) is 20.4. The maximum Gasteiger partial charge on any atom is 0.262 e. The highest BCUT2D eigenvalue weighted by Gasteiger charge is 2.44. The van der Waals surface area contributed by atoms with E-state index in [-0.39, 0.29) is 36.2 Å². The van der Waals surface area contributed by atoms with Gasteiger partial charge in [-0.2, -0.15) is 0 Å². The standard InChI is InChI=1S/C24H22N2O6/c27-21-9-8-20(22(28)25-21)26-23(29)18-7-6-15(12-19(18)24(26)30)32-17-10-16(11-17)31-13-14-4-2-1-3-5-14/h1-7,12,16-17,20H,8-11,13H2,(H,25,27,28). The van der Waals surface area contributed by atoms with Crippen molar-refractivity contribution in [2.24, 2.45) is 0 Å². The van der Waals surface area contributed by atoms with Gasteiger partial charge in [-0.1, -0.05) is 30.3 Å². The predicted molar refractivity (Wildman–Crippen MR) is 112 cm³/mol. The van der Waals surface area contributed by atoms with Crippen LogP contribution < -0.4 is 10.1 Å². The van der Waals surface area contributed by atoms with Crippen LogP contribution in [0, 0.1) is 0 Å². The van der Waals surface area contributed by atoms with Crippen LogP contribution in [0.4, 0.5) is 0 Å². The molecule has 5 rings (SSSR count). The van der Waals surface area contributed by atoms with E-state index in [0.29, 0.717) is 12.4 Å². The largest absolute Gasteiger partial charge is 0.490 e. The minimum absolute atomic E-state index is 0.0210. The van der Waals surface area contributed by atoms with Crippen LogP contribution in [-0.4, -0.2) is 46.8 Å². The fourth-order valence-electron chi connectivity index (χ4n) is 4.25. The molecule has 0 spiro atoms. The number of carbonyl (C=O) groups excluding carboxylic acids is 4. The number of benzene rings is 2. The Kier molecular flexibility index (Phi) is 5.22. The molecule has 1 N–H and O–H groups in total. The first-order valence-electron chi connectivity index (χ1n) is 10.7. The number of rotatable bonds is 6. The van der Waals surface area contributed by atoms with Gasteiger partial charge in [-0.3, -0.25) is 29.4 Å². The van der Waals surface area contributed by atoms with Gasteiger partial charge in [0, 0.05) is 19.3 Å². The van der Waals surface area contributed by atoms with E-state index >= 15 is 0 Å². The molecule has 8 heteroatoms. The Morgan fingerprint density at radius 3 is 2.41 bits per heavy atom. The van der Waals surface area contributed by atoms with Gasteiger partial charge < -0.3 is 9.47 Å². The smallest absolute Gasteiger partial charge is 0.262 e. The SMILES string of the molecule is O=C1CCC(N2C(=O)c3ccc(OC4CC(OCc5ccccc5)C4)cc3C2=O)C(=O)N1. The lowest BCUT2D eigenvalue weighted by Crippen LogP contribution is -2.54. The Labute approximate surface area is 184 Å². The average Bonchev–Trinajstić information content (AvgIpc) is 3.00. The van der Waals surface area contributed by atoms with Gasteiger partial charge in [0.1, 0.15) is 17.9 Å². The Morgan fingerprint density at radius 1 is 0.906 bits per heavy atom. The molecule has 32 heavy (non-hydrogen) atoms. The van der Waals surface area contributed by atoms with Crippen LogP contribution in [0.1, 0.15) is 52.0 Å². The van der Waals surface area contributed by atoms with Crippen molar-refractivity contribution in [2.75, 3.05) is 0 Å². The second kappa shape index (κ2) is 8.20. The molecule has 2 aromatic carbocycles. The average molecular weight is 434 g/mol. The summed E-state index contributed by atoms with van der Waals surface area (Å²) in [5, 5.41) is 2.19. The van der Waals surface area contributed by atoms with Crippen LogP contribution in [0.5, 0.6) is 5.75 Å². The van der Waals surface area contributed by atoms with Gasteiger partial charge in [-0.15, -0.1) is 0 Å². The summed E-state index contributed by atoms with van der Waals surface area (Å²) in [6.07, 6.45) is 1.82. The molecule has 0 aromatic heterocycles. The van der Waals surface area contributed by atoms with Gasteiger partial charge >= 0.3 is 0 Å². The number of hydrogen-bond donors (Lipinski definition) is 1. The Bertz CT molecular complexity index is 1090. The number of carbonyl (C=O) groups is 4. The number of amides is 4. The van der Waals surface area contributed by atoms with E-state index in [0.717, 1.165) is 23.3 Å². The van der Waals surface area contributed by atoms with E-state index in [1.807, 2.05) is 30.3 Å². The van der Waals surface area contributed by atoms with Crippen LogP contribution in [0.15, 0.2) is 48.5 Å². The number of imide groups is 2. The summed E-state index contributed by atoms with van der Waals surface area (Å²) in [6, 6.07) is 13.8. The summed E-state index contributed by atoms with van der Waals surface area (Å²) in [5.74, 6) is -1.58. The van der Waals surface area contributed by atoms with Gasteiger partial charge in [0.25, 0.3) is 11.8 Å². The zero-order valence-corrected chi connectivity index (χ0v) is 17.3. The maximum absolute atomic E-state index is 12.9. The van der Waals surface area contributed by atoms with Crippen molar-refractivity contribution in [3.63, 3.8) is 0 Å². The van der Waals surface area contributed by atoms with Crippen molar-refractivity contribution in [3.8, 4) is 5.75 Å². The van der Waals surface area contributed by atoms with E-state index in [2.05, 4.69) is 5.32 Å². The summed E-state index contributed by atoms with van der Waals surface area (Å²) in [5.41, 5.74) is 1.58. The van der Waals surface area contributed by atoms with E-state index in [4.69, 9.17) is 9.47 Å². The summed E-state index contributed by atoms with van der Waals surface area (Å²) >= 11 is 0. The molecule has 1 aliphatic carbocycles. The highest BCUT2D eigenvalue weighted by Crippen LogP contribution is 2.33. The van der Waals surface area contributed by atoms with Crippen LogP contribution in [0.2, 0.25) is 0 Å². The zero-order valence-electron chi connectivity index (χ0n) is 17.3. The quantitative estimate of drug-likeness (QED) is 0.700. The third-order valence-corrected chi connectivity index (χ3v) is 6.09. The normalized spacial score (nSPS) is 24.8. The van der Waals surface area contributed by atoms with Gasteiger partial charge in [0.15, 0.2) is 0 Å².